The highest BCUT2D eigenvalue weighted by molar-refractivity contribution is 5.90. The molecule has 2 N–H and O–H groups in total. The lowest BCUT2D eigenvalue weighted by molar-refractivity contribution is -0.129. The van der Waals surface area contributed by atoms with E-state index in [1.165, 1.54) is 10.8 Å². The molecule has 1 heterocycles. The van der Waals surface area contributed by atoms with Crippen LogP contribution in [0.15, 0.2) is 42.5 Å². The number of likely N-dealkylation sites (tertiary alicyclic amines) is 1. The first-order chi connectivity index (χ1) is 9.78. The van der Waals surface area contributed by atoms with Crippen molar-refractivity contribution < 1.29 is 4.79 Å². The van der Waals surface area contributed by atoms with Crippen LogP contribution in [0.2, 0.25) is 0 Å². The summed E-state index contributed by atoms with van der Waals surface area (Å²) < 4.78 is 0. The van der Waals surface area contributed by atoms with Crippen LogP contribution >= 0.6 is 12.4 Å². The van der Waals surface area contributed by atoms with Gasteiger partial charge in [0, 0.05) is 13.1 Å². The molecule has 3 rings (SSSR count). The van der Waals surface area contributed by atoms with Gasteiger partial charge in [-0.2, -0.15) is 0 Å². The van der Waals surface area contributed by atoms with Gasteiger partial charge < -0.3 is 10.6 Å². The average molecular weight is 305 g/mol. The third-order valence-corrected chi connectivity index (χ3v) is 4.19. The fourth-order valence-electron chi connectivity index (χ4n) is 2.97. The maximum atomic E-state index is 12.4. The molecule has 21 heavy (non-hydrogen) atoms. The summed E-state index contributed by atoms with van der Waals surface area (Å²) in [5.41, 5.74) is 6.80. The summed E-state index contributed by atoms with van der Waals surface area (Å²) in [5, 5.41) is 2.37. The van der Waals surface area contributed by atoms with Gasteiger partial charge in [-0.25, -0.2) is 0 Å². The minimum atomic E-state index is 0. The molecule has 3 nitrogen and oxygen atoms in total. The van der Waals surface area contributed by atoms with Crippen molar-refractivity contribution in [3.8, 4) is 0 Å². The van der Waals surface area contributed by atoms with E-state index in [4.69, 9.17) is 5.73 Å². The fourth-order valence-corrected chi connectivity index (χ4v) is 2.97. The minimum Gasteiger partial charge on any atom is -0.342 e. The lowest BCUT2D eigenvalue weighted by Gasteiger charge is -2.17. The highest BCUT2D eigenvalue weighted by atomic mass is 35.5. The standard InChI is InChI=1S/C17H20N2O.ClH/c18-11-13-8-9-19(12-13)17(20)10-15-6-3-5-14-4-1-2-7-16(14)15;/h1-7,13H,8-12,18H2;1H. The topological polar surface area (TPSA) is 46.3 Å². The summed E-state index contributed by atoms with van der Waals surface area (Å²) in [4.78, 5) is 14.4. The highest BCUT2D eigenvalue weighted by Crippen LogP contribution is 2.21. The van der Waals surface area contributed by atoms with Crippen LogP contribution in [-0.4, -0.2) is 30.4 Å². The molecule has 0 spiro atoms. The Morgan fingerprint density at radius 1 is 1.19 bits per heavy atom. The van der Waals surface area contributed by atoms with E-state index in [9.17, 15) is 4.79 Å². The second-order valence-corrected chi connectivity index (χ2v) is 5.55. The Morgan fingerprint density at radius 3 is 2.71 bits per heavy atom. The Labute approximate surface area is 131 Å². The van der Waals surface area contributed by atoms with Crippen LogP contribution in [0.3, 0.4) is 0 Å². The van der Waals surface area contributed by atoms with Crippen LogP contribution in [0.5, 0.6) is 0 Å². The van der Waals surface area contributed by atoms with E-state index >= 15 is 0 Å². The molecule has 0 radical (unpaired) electrons. The lowest BCUT2D eigenvalue weighted by Crippen LogP contribution is -2.31. The molecular formula is C17H21ClN2O. The Kier molecular flexibility index (Phi) is 5.21. The Balaban J connectivity index is 0.00000161. The summed E-state index contributed by atoms with van der Waals surface area (Å²) in [5.74, 6) is 0.698. The second kappa shape index (κ2) is 6.92. The van der Waals surface area contributed by atoms with Gasteiger partial charge in [0.25, 0.3) is 0 Å². The minimum absolute atomic E-state index is 0. The van der Waals surface area contributed by atoms with Gasteiger partial charge >= 0.3 is 0 Å². The van der Waals surface area contributed by atoms with Crippen LogP contribution in [0.4, 0.5) is 0 Å². The summed E-state index contributed by atoms with van der Waals surface area (Å²) in [6.45, 7) is 2.35. The largest absolute Gasteiger partial charge is 0.342 e. The van der Waals surface area contributed by atoms with Crippen molar-refractivity contribution in [3.05, 3.63) is 48.0 Å². The normalized spacial score (nSPS) is 17.8. The van der Waals surface area contributed by atoms with Gasteiger partial charge in [0.05, 0.1) is 6.42 Å². The summed E-state index contributed by atoms with van der Waals surface area (Å²) in [7, 11) is 0. The number of hydrogen-bond acceptors (Lipinski definition) is 2. The van der Waals surface area contributed by atoms with Crippen LogP contribution in [0.25, 0.3) is 10.8 Å². The van der Waals surface area contributed by atoms with Crippen molar-refractivity contribution in [2.24, 2.45) is 11.7 Å². The van der Waals surface area contributed by atoms with Crippen molar-refractivity contribution in [1.29, 1.82) is 0 Å². The van der Waals surface area contributed by atoms with E-state index in [1.807, 2.05) is 23.1 Å². The molecule has 1 atom stereocenters. The number of benzene rings is 2. The molecule has 0 saturated carbocycles. The third-order valence-electron chi connectivity index (χ3n) is 4.19. The highest BCUT2D eigenvalue weighted by Gasteiger charge is 2.25. The van der Waals surface area contributed by atoms with Crippen molar-refractivity contribution in [1.82, 2.24) is 4.90 Å². The number of hydrogen-bond donors (Lipinski definition) is 1. The predicted molar refractivity (Wildman–Crippen MR) is 88.6 cm³/mol. The van der Waals surface area contributed by atoms with E-state index in [0.717, 1.165) is 25.1 Å². The number of amides is 1. The lowest BCUT2D eigenvalue weighted by atomic mass is 10.0. The molecule has 1 saturated heterocycles. The molecule has 2 aromatic carbocycles. The fraction of sp³-hybridized carbons (Fsp3) is 0.353. The number of nitrogens with two attached hydrogens (primary N) is 1. The predicted octanol–water partition coefficient (Wildman–Crippen LogP) is 2.61. The number of halogens is 1. The number of rotatable bonds is 3. The maximum Gasteiger partial charge on any atom is 0.227 e. The van der Waals surface area contributed by atoms with E-state index in [1.54, 1.807) is 0 Å². The number of fused-ring (bicyclic) bond motifs is 1. The van der Waals surface area contributed by atoms with Gasteiger partial charge in [0.1, 0.15) is 0 Å². The number of nitrogens with zero attached hydrogens (tertiary/aromatic N) is 1. The molecule has 4 heteroatoms. The second-order valence-electron chi connectivity index (χ2n) is 5.55. The summed E-state index contributed by atoms with van der Waals surface area (Å²) in [6.07, 6.45) is 1.52. The van der Waals surface area contributed by atoms with Gasteiger partial charge in [0.15, 0.2) is 0 Å². The van der Waals surface area contributed by atoms with Gasteiger partial charge in [-0.3, -0.25) is 4.79 Å². The Hall–Kier alpha value is -1.58. The molecule has 1 unspecified atom stereocenters. The maximum absolute atomic E-state index is 12.4. The van der Waals surface area contributed by atoms with Gasteiger partial charge in [-0.05, 0) is 35.2 Å². The average Bonchev–Trinajstić information content (AvgIpc) is 2.97. The summed E-state index contributed by atoms with van der Waals surface area (Å²) >= 11 is 0. The van der Waals surface area contributed by atoms with Gasteiger partial charge in [-0.15, -0.1) is 12.4 Å². The van der Waals surface area contributed by atoms with Crippen LogP contribution in [0.1, 0.15) is 12.0 Å². The third kappa shape index (κ3) is 3.36. The molecule has 112 valence electrons. The smallest absolute Gasteiger partial charge is 0.227 e. The van der Waals surface area contributed by atoms with Crippen LogP contribution in [-0.2, 0) is 11.2 Å². The molecule has 1 aliphatic rings. The van der Waals surface area contributed by atoms with E-state index in [-0.39, 0.29) is 18.3 Å². The van der Waals surface area contributed by atoms with E-state index in [2.05, 4.69) is 24.3 Å². The van der Waals surface area contributed by atoms with Gasteiger partial charge in [-0.1, -0.05) is 42.5 Å². The molecule has 1 aliphatic heterocycles. The van der Waals surface area contributed by atoms with E-state index < -0.39 is 0 Å². The zero-order chi connectivity index (χ0) is 13.9. The van der Waals surface area contributed by atoms with E-state index in [0.29, 0.717) is 18.9 Å². The first-order valence-corrected chi connectivity index (χ1v) is 7.22. The van der Waals surface area contributed by atoms with Crippen molar-refractivity contribution in [2.45, 2.75) is 12.8 Å². The van der Waals surface area contributed by atoms with Crippen molar-refractivity contribution in [3.63, 3.8) is 0 Å². The zero-order valence-electron chi connectivity index (χ0n) is 12.0. The first-order valence-electron chi connectivity index (χ1n) is 7.22. The van der Waals surface area contributed by atoms with Crippen LogP contribution in [0, 0.1) is 5.92 Å². The molecular weight excluding hydrogens is 284 g/mol. The first kappa shape index (κ1) is 15.8. The molecule has 0 bridgehead atoms. The quantitative estimate of drug-likeness (QED) is 0.947. The summed E-state index contributed by atoms with van der Waals surface area (Å²) in [6, 6.07) is 14.4. The Morgan fingerprint density at radius 2 is 1.95 bits per heavy atom. The molecule has 1 amide bonds. The number of carbonyl (C=O) groups excluding carboxylic acids is 1. The molecule has 0 aromatic heterocycles. The zero-order valence-corrected chi connectivity index (χ0v) is 12.8. The van der Waals surface area contributed by atoms with Crippen LogP contribution < -0.4 is 5.73 Å². The molecule has 2 aromatic rings. The monoisotopic (exact) mass is 304 g/mol. The Bertz CT molecular complexity index is 624. The molecule has 1 fully saturated rings. The van der Waals surface area contributed by atoms with Gasteiger partial charge in [0.2, 0.25) is 5.91 Å². The number of carbonyl (C=O) groups is 1. The SMILES string of the molecule is Cl.NCC1CCN(C(=O)Cc2cccc3ccccc23)C1. The van der Waals surface area contributed by atoms with Crippen molar-refractivity contribution >= 4 is 29.1 Å². The molecule has 0 aliphatic carbocycles. The van der Waals surface area contributed by atoms with Crippen molar-refractivity contribution in [2.75, 3.05) is 19.6 Å².